The molecule has 1 aliphatic rings. The first kappa shape index (κ1) is 16.3. The number of nitrogens with zero attached hydrogens (tertiary/aromatic N) is 1. The Morgan fingerprint density at radius 1 is 1.23 bits per heavy atom. The molecule has 0 bridgehead atoms. The van der Waals surface area contributed by atoms with Crippen LogP contribution in [0.5, 0.6) is 5.75 Å². The van der Waals surface area contributed by atoms with Gasteiger partial charge in [0, 0.05) is 19.5 Å². The van der Waals surface area contributed by atoms with E-state index in [-0.39, 0.29) is 24.4 Å². The summed E-state index contributed by atoms with van der Waals surface area (Å²) >= 11 is 0. The summed E-state index contributed by atoms with van der Waals surface area (Å²) in [6, 6.07) is 7.78. The number of carbonyl (C=O) groups excluding carboxylic acids is 2. The number of rotatable bonds is 6. The number of ether oxygens (including phenoxy) is 1. The molecule has 1 saturated carbocycles. The first-order valence-electron chi connectivity index (χ1n) is 7.77. The fourth-order valence-corrected chi connectivity index (χ4v) is 2.87. The Hall–Kier alpha value is -2.04. The van der Waals surface area contributed by atoms with Crippen LogP contribution < -0.4 is 10.1 Å². The van der Waals surface area contributed by atoms with Crippen molar-refractivity contribution in [2.24, 2.45) is 0 Å². The summed E-state index contributed by atoms with van der Waals surface area (Å²) in [6.07, 6.45) is 4.29. The largest absolute Gasteiger partial charge is 0.497 e. The molecular formula is C17H24N2O3. The van der Waals surface area contributed by atoms with Crippen LogP contribution in [0.15, 0.2) is 24.3 Å². The predicted octanol–water partition coefficient (Wildman–Crippen LogP) is 2.10. The molecule has 120 valence electrons. The Kier molecular flexibility index (Phi) is 5.81. The molecule has 0 saturated heterocycles. The summed E-state index contributed by atoms with van der Waals surface area (Å²) in [6.45, 7) is 2.14. The van der Waals surface area contributed by atoms with Gasteiger partial charge in [0.2, 0.25) is 11.8 Å². The number of methoxy groups -OCH3 is 1. The Balaban J connectivity index is 1.83. The van der Waals surface area contributed by atoms with Gasteiger partial charge >= 0.3 is 0 Å². The maximum absolute atomic E-state index is 12.1. The molecule has 0 aliphatic heterocycles. The molecule has 1 aliphatic carbocycles. The van der Waals surface area contributed by atoms with Crippen LogP contribution in [0, 0.1) is 0 Å². The van der Waals surface area contributed by atoms with Crippen molar-refractivity contribution in [3.8, 4) is 5.75 Å². The van der Waals surface area contributed by atoms with Gasteiger partial charge in [0.05, 0.1) is 13.7 Å². The molecule has 1 aromatic carbocycles. The highest BCUT2D eigenvalue weighted by molar-refractivity contribution is 5.84. The highest BCUT2D eigenvalue weighted by atomic mass is 16.5. The number of nitrogens with one attached hydrogen (secondary N) is 1. The van der Waals surface area contributed by atoms with Crippen LogP contribution in [0.4, 0.5) is 0 Å². The van der Waals surface area contributed by atoms with E-state index in [1.54, 1.807) is 12.0 Å². The molecule has 22 heavy (non-hydrogen) atoms. The van der Waals surface area contributed by atoms with Crippen molar-refractivity contribution in [2.45, 2.75) is 45.2 Å². The lowest BCUT2D eigenvalue weighted by molar-refractivity contribution is -0.136. The van der Waals surface area contributed by atoms with E-state index in [9.17, 15) is 9.59 Å². The van der Waals surface area contributed by atoms with Crippen molar-refractivity contribution < 1.29 is 14.3 Å². The second kappa shape index (κ2) is 7.82. The second-order valence-electron chi connectivity index (χ2n) is 5.71. The molecule has 1 aromatic rings. The fraction of sp³-hybridized carbons (Fsp3) is 0.529. The van der Waals surface area contributed by atoms with Crippen LogP contribution in [0.1, 0.15) is 38.2 Å². The van der Waals surface area contributed by atoms with Gasteiger partial charge in [-0.05, 0) is 30.5 Å². The molecule has 0 aromatic heterocycles. The minimum atomic E-state index is -0.113. The summed E-state index contributed by atoms with van der Waals surface area (Å²) in [5.41, 5.74) is 1.00. The standard InChI is InChI=1S/C17H24N2O3/c1-13(20)19(15-5-3-4-6-15)12-17(21)18-11-14-7-9-16(22-2)10-8-14/h7-10,15H,3-6,11-12H2,1-2H3,(H,18,21). The Morgan fingerprint density at radius 2 is 1.86 bits per heavy atom. The predicted molar refractivity (Wildman–Crippen MR) is 84.5 cm³/mol. The summed E-state index contributed by atoms with van der Waals surface area (Å²) in [5.74, 6) is 0.656. The molecule has 0 atom stereocenters. The maximum atomic E-state index is 12.1. The second-order valence-corrected chi connectivity index (χ2v) is 5.71. The number of benzene rings is 1. The molecule has 0 heterocycles. The zero-order valence-corrected chi connectivity index (χ0v) is 13.3. The van der Waals surface area contributed by atoms with Gasteiger partial charge in [-0.15, -0.1) is 0 Å². The summed E-state index contributed by atoms with van der Waals surface area (Å²) in [4.78, 5) is 25.5. The van der Waals surface area contributed by atoms with E-state index in [4.69, 9.17) is 4.74 Å². The normalized spacial score (nSPS) is 14.6. The monoisotopic (exact) mass is 304 g/mol. The lowest BCUT2D eigenvalue weighted by Gasteiger charge is -2.27. The van der Waals surface area contributed by atoms with E-state index >= 15 is 0 Å². The molecule has 2 amide bonds. The van der Waals surface area contributed by atoms with E-state index in [1.807, 2.05) is 24.3 Å². The van der Waals surface area contributed by atoms with Crippen molar-refractivity contribution in [1.82, 2.24) is 10.2 Å². The molecule has 2 rings (SSSR count). The molecule has 0 radical (unpaired) electrons. The van der Waals surface area contributed by atoms with E-state index in [0.717, 1.165) is 37.0 Å². The molecule has 1 fully saturated rings. The highest BCUT2D eigenvalue weighted by Crippen LogP contribution is 2.23. The SMILES string of the molecule is COc1ccc(CNC(=O)CN(C(C)=O)C2CCCC2)cc1. The third-order valence-corrected chi connectivity index (χ3v) is 4.13. The average Bonchev–Trinajstić information content (AvgIpc) is 3.04. The van der Waals surface area contributed by atoms with Crippen LogP contribution in [0.2, 0.25) is 0 Å². The van der Waals surface area contributed by atoms with Crippen LogP contribution in [-0.2, 0) is 16.1 Å². The maximum Gasteiger partial charge on any atom is 0.239 e. The summed E-state index contributed by atoms with van der Waals surface area (Å²) in [7, 11) is 1.62. The summed E-state index contributed by atoms with van der Waals surface area (Å²) < 4.78 is 5.10. The number of carbonyl (C=O) groups is 2. The lowest BCUT2D eigenvalue weighted by Crippen LogP contribution is -2.44. The smallest absolute Gasteiger partial charge is 0.239 e. The Morgan fingerprint density at radius 3 is 2.41 bits per heavy atom. The molecule has 1 N–H and O–H groups in total. The van der Waals surface area contributed by atoms with Crippen molar-refractivity contribution in [3.05, 3.63) is 29.8 Å². The van der Waals surface area contributed by atoms with Crippen molar-refractivity contribution in [3.63, 3.8) is 0 Å². The molecule has 5 nitrogen and oxygen atoms in total. The topological polar surface area (TPSA) is 58.6 Å². The third kappa shape index (κ3) is 4.48. The van der Waals surface area contributed by atoms with Crippen molar-refractivity contribution >= 4 is 11.8 Å². The lowest BCUT2D eigenvalue weighted by atomic mass is 10.2. The molecule has 5 heteroatoms. The van der Waals surface area contributed by atoms with Crippen molar-refractivity contribution in [2.75, 3.05) is 13.7 Å². The van der Waals surface area contributed by atoms with E-state index in [1.165, 1.54) is 6.92 Å². The van der Waals surface area contributed by atoms with E-state index < -0.39 is 0 Å². The van der Waals surface area contributed by atoms with Crippen LogP contribution in [0.3, 0.4) is 0 Å². The van der Waals surface area contributed by atoms with Gasteiger partial charge in [0.15, 0.2) is 0 Å². The Bertz CT molecular complexity index is 507. The first-order chi connectivity index (χ1) is 10.6. The molecule has 0 unspecified atom stereocenters. The zero-order valence-electron chi connectivity index (χ0n) is 13.3. The van der Waals surface area contributed by atoms with E-state index in [0.29, 0.717) is 6.54 Å². The van der Waals surface area contributed by atoms with Gasteiger partial charge in [-0.25, -0.2) is 0 Å². The Labute approximate surface area is 131 Å². The van der Waals surface area contributed by atoms with Gasteiger partial charge in [0.1, 0.15) is 5.75 Å². The molecule has 0 spiro atoms. The third-order valence-electron chi connectivity index (χ3n) is 4.13. The fourth-order valence-electron chi connectivity index (χ4n) is 2.87. The van der Waals surface area contributed by atoms with E-state index in [2.05, 4.69) is 5.32 Å². The van der Waals surface area contributed by atoms with Gasteiger partial charge in [-0.1, -0.05) is 25.0 Å². The van der Waals surface area contributed by atoms with Crippen LogP contribution in [-0.4, -0.2) is 36.4 Å². The average molecular weight is 304 g/mol. The van der Waals surface area contributed by atoms with Crippen LogP contribution >= 0.6 is 0 Å². The summed E-state index contributed by atoms with van der Waals surface area (Å²) in [5, 5.41) is 2.87. The van der Waals surface area contributed by atoms with Gasteiger partial charge < -0.3 is 15.0 Å². The van der Waals surface area contributed by atoms with Gasteiger partial charge in [-0.3, -0.25) is 9.59 Å². The quantitative estimate of drug-likeness (QED) is 0.875. The minimum absolute atomic E-state index is 0.0218. The number of hydrogen-bond acceptors (Lipinski definition) is 3. The van der Waals surface area contributed by atoms with Crippen LogP contribution in [0.25, 0.3) is 0 Å². The number of amides is 2. The minimum Gasteiger partial charge on any atom is -0.497 e. The number of hydrogen-bond donors (Lipinski definition) is 1. The van der Waals surface area contributed by atoms with Gasteiger partial charge in [0.25, 0.3) is 0 Å². The molecular weight excluding hydrogens is 280 g/mol. The zero-order chi connectivity index (χ0) is 15.9. The highest BCUT2D eigenvalue weighted by Gasteiger charge is 2.26. The first-order valence-corrected chi connectivity index (χ1v) is 7.77. The van der Waals surface area contributed by atoms with Crippen molar-refractivity contribution in [1.29, 1.82) is 0 Å². The van der Waals surface area contributed by atoms with Gasteiger partial charge in [-0.2, -0.15) is 0 Å².